The highest BCUT2D eigenvalue weighted by Gasteiger charge is 2.48. The van der Waals surface area contributed by atoms with Gasteiger partial charge in [-0.3, -0.25) is 0 Å². The van der Waals surface area contributed by atoms with Crippen molar-refractivity contribution in [2.45, 2.75) is 18.4 Å². The van der Waals surface area contributed by atoms with Crippen LogP contribution in [0.1, 0.15) is 33.2 Å². The maximum atomic E-state index is 13.3. The molecule has 6 rings (SSSR count). The zero-order valence-electron chi connectivity index (χ0n) is 18.9. The number of halogens is 1. The molecule has 1 unspecified atom stereocenters. The fourth-order valence-electron chi connectivity index (χ4n) is 4.62. The number of aryl methyl sites for hydroxylation is 1. The number of methoxy groups -OCH3 is 1. The number of aromatic nitrogens is 6. The van der Waals surface area contributed by atoms with Crippen LogP contribution in [0, 0.1) is 5.21 Å². The highest BCUT2D eigenvalue weighted by Crippen LogP contribution is 2.41. The molecule has 3 N–H and O–H groups in total. The number of benzene rings is 1. The van der Waals surface area contributed by atoms with Gasteiger partial charge in [-0.2, -0.15) is 4.73 Å². The number of nitrogens with one attached hydrogen (secondary N) is 2. The molecule has 182 valence electrons. The van der Waals surface area contributed by atoms with E-state index in [0.29, 0.717) is 38.7 Å². The molecule has 1 atom stereocenters. The fraction of sp³-hybridized carbons (Fsp3) is 0.167. The van der Waals surface area contributed by atoms with Crippen molar-refractivity contribution in [1.29, 1.82) is 0 Å². The van der Waals surface area contributed by atoms with Gasteiger partial charge in [-0.1, -0.05) is 11.6 Å². The second-order valence-corrected chi connectivity index (χ2v) is 9.85. The third kappa shape index (κ3) is 3.51. The Balaban J connectivity index is 1.38. The predicted octanol–water partition coefficient (Wildman–Crippen LogP) is 3.57. The third-order valence-corrected chi connectivity index (χ3v) is 7.54. The number of fused-ring (bicyclic) bond motifs is 1. The number of carbonyl (C=O) groups is 1. The van der Waals surface area contributed by atoms with Crippen molar-refractivity contribution in [2.75, 3.05) is 7.11 Å². The first-order valence-electron chi connectivity index (χ1n) is 11.0. The molecule has 10 nitrogen and oxygen atoms in total. The molecule has 0 radical (unpaired) electrons. The monoisotopic (exact) mass is 522 g/mol. The van der Waals surface area contributed by atoms with E-state index in [1.807, 2.05) is 12.1 Å². The molecule has 0 aliphatic heterocycles. The van der Waals surface area contributed by atoms with Gasteiger partial charge >= 0.3 is 5.97 Å². The van der Waals surface area contributed by atoms with Gasteiger partial charge < -0.3 is 20.0 Å². The first-order chi connectivity index (χ1) is 17.4. The molecule has 0 saturated carbocycles. The zero-order chi connectivity index (χ0) is 25.0. The Hall–Kier alpha value is -3.93. The van der Waals surface area contributed by atoms with Crippen LogP contribution in [0.15, 0.2) is 54.4 Å². The van der Waals surface area contributed by atoms with Crippen molar-refractivity contribution in [1.82, 2.24) is 25.0 Å². The first kappa shape index (κ1) is 22.5. The number of H-pyrrole nitrogens is 2. The second-order valence-electron chi connectivity index (χ2n) is 8.50. The summed E-state index contributed by atoms with van der Waals surface area (Å²) in [5.74, 6) is -0.151. The largest absolute Gasteiger partial charge is 0.618 e. The van der Waals surface area contributed by atoms with E-state index in [-0.39, 0.29) is 11.5 Å². The number of hydrogen-bond acceptors (Lipinski definition) is 7. The van der Waals surface area contributed by atoms with E-state index in [1.165, 1.54) is 24.6 Å². The van der Waals surface area contributed by atoms with Crippen LogP contribution in [0.25, 0.3) is 28.1 Å². The van der Waals surface area contributed by atoms with Crippen molar-refractivity contribution in [2.24, 2.45) is 0 Å². The quantitative estimate of drug-likeness (QED) is 0.183. The van der Waals surface area contributed by atoms with E-state index >= 15 is 0 Å². The lowest BCUT2D eigenvalue weighted by Crippen LogP contribution is -2.42. The van der Waals surface area contributed by atoms with Gasteiger partial charge in [0, 0.05) is 32.7 Å². The molecule has 4 aromatic heterocycles. The fourth-order valence-corrected chi connectivity index (χ4v) is 5.62. The number of aromatic amines is 2. The van der Waals surface area contributed by atoms with Gasteiger partial charge in [0.2, 0.25) is 11.3 Å². The maximum Gasteiger partial charge on any atom is 0.348 e. The van der Waals surface area contributed by atoms with Crippen LogP contribution in [0.5, 0.6) is 0 Å². The molecule has 0 amide bonds. The normalized spacial score (nSPS) is 16.9. The summed E-state index contributed by atoms with van der Waals surface area (Å²) in [4.78, 5) is 19.8. The molecule has 0 saturated heterocycles. The van der Waals surface area contributed by atoms with Crippen LogP contribution in [-0.2, 0) is 16.8 Å². The van der Waals surface area contributed by atoms with Crippen molar-refractivity contribution in [3.8, 4) is 28.1 Å². The van der Waals surface area contributed by atoms with E-state index in [2.05, 4.69) is 20.3 Å². The summed E-state index contributed by atoms with van der Waals surface area (Å²) >= 11 is 7.51. The smallest absolute Gasteiger partial charge is 0.348 e. The number of thiophene rings is 1. The van der Waals surface area contributed by atoms with Gasteiger partial charge in [0.05, 0.1) is 24.7 Å². The van der Waals surface area contributed by atoms with Gasteiger partial charge in [0.1, 0.15) is 17.0 Å². The number of pyridine rings is 1. The molecule has 1 aliphatic carbocycles. The lowest BCUT2D eigenvalue weighted by Gasteiger charge is -2.20. The number of esters is 1. The standard InChI is InChI=1S/C24H19ClN6O4S/c1-35-22(32)20-7-15(11-36-20)18-9-26-23(28-18)24(33)5-4-13-6-14(10-31(34)21(13)24)17-8-16(25)2-3-19(17)30-12-27-29-30/h2-3,6-12,29,33H,4-5H2,1H3,(H,26,28). The van der Waals surface area contributed by atoms with Gasteiger partial charge in [-0.25, -0.2) is 19.7 Å². The third-order valence-electron chi connectivity index (χ3n) is 6.39. The van der Waals surface area contributed by atoms with E-state index in [9.17, 15) is 15.1 Å². The summed E-state index contributed by atoms with van der Waals surface area (Å²) in [6.07, 6.45) is 5.42. The summed E-state index contributed by atoms with van der Waals surface area (Å²) in [6.45, 7) is 0. The van der Waals surface area contributed by atoms with Crippen LogP contribution < -0.4 is 4.73 Å². The maximum absolute atomic E-state index is 13.3. The molecule has 12 heteroatoms. The van der Waals surface area contributed by atoms with Gasteiger partial charge in [0.15, 0.2) is 6.20 Å². The van der Waals surface area contributed by atoms with Gasteiger partial charge in [-0.15, -0.1) is 16.4 Å². The molecule has 1 aliphatic rings. The van der Waals surface area contributed by atoms with Crippen LogP contribution in [-0.4, -0.2) is 43.1 Å². The molecule has 1 aromatic carbocycles. The number of carbonyl (C=O) groups excluding carboxylic acids is 1. The Morgan fingerprint density at radius 1 is 1.33 bits per heavy atom. The minimum atomic E-state index is -1.59. The van der Waals surface area contributed by atoms with Crippen molar-refractivity contribution >= 4 is 28.9 Å². The van der Waals surface area contributed by atoms with E-state index in [4.69, 9.17) is 16.3 Å². The topological polar surface area (TPSA) is 136 Å². The van der Waals surface area contributed by atoms with Crippen molar-refractivity contribution < 1.29 is 19.4 Å². The van der Waals surface area contributed by atoms with Crippen LogP contribution in [0.2, 0.25) is 5.02 Å². The molecule has 5 aromatic rings. The molecule has 36 heavy (non-hydrogen) atoms. The van der Waals surface area contributed by atoms with Crippen molar-refractivity contribution in [3.63, 3.8) is 0 Å². The Labute approximate surface area is 213 Å². The minimum Gasteiger partial charge on any atom is -0.618 e. The zero-order valence-corrected chi connectivity index (χ0v) is 20.4. The highest BCUT2D eigenvalue weighted by molar-refractivity contribution is 7.12. The second kappa shape index (κ2) is 8.33. The Kier molecular flexibility index (Phi) is 5.21. The first-order valence-corrected chi connectivity index (χ1v) is 12.2. The van der Waals surface area contributed by atoms with Crippen LogP contribution >= 0.6 is 22.9 Å². The number of hydrogen-bond donors (Lipinski definition) is 3. The molecular weight excluding hydrogens is 504 g/mol. The highest BCUT2D eigenvalue weighted by atomic mass is 35.5. The lowest BCUT2D eigenvalue weighted by atomic mass is 9.98. The molecule has 0 spiro atoms. The van der Waals surface area contributed by atoms with Crippen LogP contribution in [0.4, 0.5) is 0 Å². The Bertz CT molecular complexity index is 1610. The summed E-state index contributed by atoms with van der Waals surface area (Å²) < 4.78 is 7.20. The van der Waals surface area contributed by atoms with Gasteiger partial charge in [-0.05, 0) is 43.2 Å². The number of aliphatic hydroxyl groups is 1. The summed E-state index contributed by atoms with van der Waals surface area (Å²) in [5.41, 5.74) is 2.95. The Morgan fingerprint density at radius 3 is 2.92 bits per heavy atom. The average molecular weight is 523 g/mol. The van der Waals surface area contributed by atoms with Crippen molar-refractivity contribution in [3.05, 3.63) is 86.6 Å². The van der Waals surface area contributed by atoms with E-state index in [0.717, 1.165) is 22.4 Å². The molecule has 0 fully saturated rings. The predicted molar refractivity (Wildman–Crippen MR) is 132 cm³/mol. The Morgan fingerprint density at radius 2 is 2.17 bits per heavy atom. The molecular formula is C24H19ClN6O4S. The minimum absolute atomic E-state index is 0.236. The van der Waals surface area contributed by atoms with E-state index in [1.54, 1.807) is 40.8 Å². The van der Waals surface area contributed by atoms with Crippen LogP contribution in [0.3, 0.4) is 0 Å². The van der Waals surface area contributed by atoms with Gasteiger partial charge in [0.25, 0.3) is 0 Å². The summed E-state index contributed by atoms with van der Waals surface area (Å²) in [7, 11) is 1.33. The van der Waals surface area contributed by atoms with E-state index < -0.39 is 11.6 Å². The number of imidazole rings is 1. The molecule has 0 bridgehead atoms. The SMILES string of the molecule is COC(=O)c1cc(-c2cnc(C3(O)CCc4cc(-c5cc(Cl)ccc5-n5cn[nH]5)c[n+]([O-])c43)[nH]2)cs1. The number of ether oxygens (including phenoxy) is 1. The lowest BCUT2D eigenvalue weighted by molar-refractivity contribution is -0.620. The average Bonchev–Trinajstić information content (AvgIpc) is 3.57. The number of nitrogens with zero attached hydrogens (tertiary/aromatic N) is 4. The summed E-state index contributed by atoms with van der Waals surface area (Å²) in [6, 6.07) is 8.99. The summed E-state index contributed by atoms with van der Waals surface area (Å²) in [5, 5.41) is 34.0. The molecule has 4 heterocycles. The number of rotatable bonds is 5.